The minimum Gasteiger partial charge on any atom is -0.484 e. The first kappa shape index (κ1) is 22.4. The van der Waals surface area contributed by atoms with Crippen LogP contribution in [0.3, 0.4) is 0 Å². The fourth-order valence-corrected chi connectivity index (χ4v) is 4.08. The molecule has 0 aliphatic rings. The summed E-state index contributed by atoms with van der Waals surface area (Å²) in [5.74, 6) is 1.22. The number of Topliss-reactive ketones (excluding diaryl/α,β-unsaturated/α-hetero) is 1. The van der Waals surface area contributed by atoms with Gasteiger partial charge in [-0.05, 0) is 51.1 Å². The van der Waals surface area contributed by atoms with Crippen LogP contribution < -0.4 is 4.74 Å². The Morgan fingerprint density at radius 2 is 2.00 bits per heavy atom. The summed E-state index contributed by atoms with van der Waals surface area (Å²) in [5.41, 5.74) is 2.67. The van der Waals surface area contributed by atoms with Crippen LogP contribution in [0, 0.1) is 13.8 Å². The van der Waals surface area contributed by atoms with Crippen LogP contribution in [0.2, 0.25) is 5.02 Å². The molecule has 1 atom stereocenters. The number of hydrogen-bond donors (Lipinski definition) is 0. The molecule has 0 radical (unpaired) electrons. The van der Waals surface area contributed by atoms with E-state index < -0.39 is 0 Å². The third-order valence-electron chi connectivity index (χ3n) is 4.58. The maximum absolute atomic E-state index is 12.7. The van der Waals surface area contributed by atoms with Gasteiger partial charge in [-0.1, -0.05) is 23.4 Å². The van der Waals surface area contributed by atoms with E-state index >= 15 is 0 Å². The van der Waals surface area contributed by atoms with Gasteiger partial charge in [-0.3, -0.25) is 4.79 Å². The van der Waals surface area contributed by atoms with Crippen LogP contribution in [-0.4, -0.2) is 40.0 Å². The van der Waals surface area contributed by atoms with Crippen molar-refractivity contribution in [2.45, 2.75) is 38.6 Å². The van der Waals surface area contributed by atoms with Gasteiger partial charge in [-0.25, -0.2) is 0 Å². The van der Waals surface area contributed by atoms with Gasteiger partial charge >= 0.3 is 0 Å². The standard InChI is InChI=1S/C21H24ClN3O4S/c1-13-9-18(15(3)25(13)14(2)10-27-4)19(26)12-30-21-24-23-20(29-21)11-28-17-7-5-16(22)6-8-17/h5-9,14H,10-12H2,1-4H3. The lowest BCUT2D eigenvalue weighted by Gasteiger charge is -2.17. The van der Waals surface area contributed by atoms with Crippen molar-refractivity contribution in [1.29, 1.82) is 0 Å². The van der Waals surface area contributed by atoms with Gasteiger partial charge in [-0.15, -0.1) is 10.2 Å². The molecule has 2 aromatic heterocycles. The van der Waals surface area contributed by atoms with Crippen LogP contribution in [0.25, 0.3) is 0 Å². The number of aromatic nitrogens is 3. The van der Waals surface area contributed by atoms with Crippen LogP contribution in [-0.2, 0) is 11.3 Å². The Bertz CT molecular complexity index is 1000. The molecule has 0 aliphatic carbocycles. The molecule has 0 bridgehead atoms. The molecule has 0 saturated carbocycles. The molecule has 9 heteroatoms. The van der Waals surface area contributed by atoms with E-state index in [0.717, 1.165) is 11.4 Å². The second-order valence-corrected chi connectivity index (χ2v) is 8.24. The highest BCUT2D eigenvalue weighted by atomic mass is 35.5. The lowest BCUT2D eigenvalue weighted by atomic mass is 10.2. The Morgan fingerprint density at radius 3 is 2.70 bits per heavy atom. The van der Waals surface area contributed by atoms with E-state index in [9.17, 15) is 4.79 Å². The van der Waals surface area contributed by atoms with Crippen molar-refractivity contribution in [2.24, 2.45) is 0 Å². The molecule has 1 aromatic carbocycles. The molecule has 0 fully saturated rings. The number of carbonyl (C=O) groups is 1. The molecule has 0 spiro atoms. The maximum atomic E-state index is 12.7. The van der Waals surface area contributed by atoms with Gasteiger partial charge in [0.15, 0.2) is 12.4 Å². The summed E-state index contributed by atoms with van der Waals surface area (Å²) in [4.78, 5) is 12.7. The molecule has 2 heterocycles. The smallest absolute Gasteiger partial charge is 0.277 e. The van der Waals surface area contributed by atoms with Gasteiger partial charge in [0, 0.05) is 29.1 Å². The molecule has 0 N–H and O–H groups in total. The predicted octanol–water partition coefficient (Wildman–Crippen LogP) is 4.90. The lowest BCUT2D eigenvalue weighted by Crippen LogP contribution is -2.14. The van der Waals surface area contributed by atoms with E-state index in [4.69, 9.17) is 25.5 Å². The fourth-order valence-electron chi connectivity index (χ4n) is 3.29. The summed E-state index contributed by atoms with van der Waals surface area (Å²) in [6.07, 6.45) is 0. The van der Waals surface area contributed by atoms with Crippen molar-refractivity contribution in [3.8, 4) is 5.75 Å². The third kappa shape index (κ3) is 5.44. The monoisotopic (exact) mass is 449 g/mol. The highest BCUT2D eigenvalue weighted by Crippen LogP contribution is 2.24. The molecule has 7 nitrogen and oxygen atoms in total. The van der Waals surface area contributed by atoms with Gasteiger partial charge in [-0.2, -0.15) is 0 Å². The lowest BCUT2D eigenvalue weighted by molar-refractivity contribution is 0.102. The second-order valence-electron chi connectivity index (χ2n) is 6.88. The SMILES string of the molecule is COCC(C)n1c(C)cc(C(=O)CSc2nnc(COc3ccc(Cl)cc3)o2)c1C. The molecule has 3 aromatic rings. The number of carbonyl (C=O) groups excluding carboxylic acids is 1. The summed E-state index contributed by atoms with van der Waals surface area (Å²) in [6.45, 7) is 6.74. The van der Waals surface area contributed by atoms with Crippen molar-refractivity contribution in [3.63, 3.8) is 0 Å². The summed E-state index contributed by atoms with van der Waals surface area (Å²) < 4.78 is 18.5. The first-order valence-corrected chi connectivity index (χ1v) is 10.8. The van der Waals surface area contributed by atoms with E-state index in [2.05, 4.69) is 21.7 Å². The van der Waals surface area contributed by atoms with E-state index in [1.165, 1.54) is 11.8 Å². The fraction of sp³-hybridized carbons (Fsp3) is 0.381. The molecule has 3 rings (SSSR count). The molecule has 0 amide bonds. The van der Waals surface area contributed by atoms with Gasteiger partial charge in [0.1, 0.15) is 5.75 Å². The summed E-state index contributed by atoms with van der Waals surface area (Å²) in [5, 5.41) is 8.91. The number of aryl methyl sites for hydroxylation is 1. The average Bonchev–Trinajstić information content (AvgIpc) is 3.29. The first-order valence-electron chi connectivity index (χ1n) is 9.43. The summed E-state index contributed by atoms with van der Waals surface area (Å²) in [7, 11) is 1.67. The summed E-state index contributed by atoms with van der Waals surface area (Å²) >= 11 is 7.07. The average molecular weight is 450 g/mol. The van der Waals surface area contributed by atoms with Crippen LogP contribution in [0.15, 0.2) is 40.0 Å². The highest BCUT2D eigenvalue weighted by Gasteiger charge is 2.20. The molecular formula is C21H24ClN3O4S. The molecular weight excluding hydrogens is 426 g/mol. The Morgan fingerprint density at radius 1 is 1.27 bits per heavy atom. The molecule has 160 valence electrons. The Hall–Kier alpha value is -2.29. The molecule has 1 unspecified atom stereocenters. The number of halogens is 1. The quantitative estimate of drug-likeness (QED) is 0.321. The second kappa shape index (κ2) is 10.1. The molecule has 30 heavy (non-hydrogen) atoms. The number of rotatable bonds is 10. The Labute approximate surface area is 184 Å². The third-order valence-corrected chi connectivity index (χ3v) is 5.65. The van der Waals surface area contributed by atoms with Gasteiger partial charge < -0.3 is 18.5 Å². The number of hydrogen-bond acceptors (Lipinski definition) is 7. The van der Waals surface area contributed by atoms with Crippen molar-refractivity contribution in [3.05, 3.63) is 58.2 Å². The van der Waals surface area contributed by atoms with Crippen LogP contribution in [0.5, 0.6) is 5.75 Å². The van der Waals surface area contributed by atoms with Gasteiger partial charge in [0.25, 0.3) is 11.1 Å². The van der Waals surface area contributed by atoms with Crippen molar-refractivity contribution in [1.82, 2.24) is 14.8 Å². The van der Waals surface area contributed by atoms with E-state index in [-0.39, 0.29) is 24.2 Å². The zero-order chi connectivity index (χ0) is 21.7. The molecule has 0 saturated heterocycles. The minimum atomic E-state index is 0.0149. The van der Waals surface area contributed by atoms with E-state index in [1.54, 1.807) is 31.4 Å². The maximum Gasteiger partial charge on any atom is 0.277 e. The van der Waals surface area contributed by atoms with Crippen LogP contribution in [0.1, 0.15) is 40.6 Å². The predicted molar refractivity (Wildman–Crippen MR) is 116 cm³/mol. The minimum absolute atomic E-state index is 0.0149. The summed E-state index contributed by atoms with van der Waals surface area (Å²) in [6, 6.07) is 9.08. The highest BCUT2D eigenvalue weighted by molar-refractivity contribution is 7.99. The topological polar surface area (TPSA) is 79.4 Å². The number of ketones is 1. The normalized spacial score (nSPS) is 12.2. The zero-order valence-corrected chi connectivity index (χ0v) is 18.9. The number of methoxy groups -OCH3 is 1. The van der Waals surface area contributed by atoms with Gasteiger partial charge in [0.2, 0.25) is 0 Å². The van der Waals surface area contributed by atoms with Gasteiger partial charge in [0.05, 0.1) is 18.4 Å². The van der Waals surface area contributed by atoms with Crippen LogP contribution >= 0.6 is 23.4 Å². The van der Waals surface area contributed by atoms with Crippen molar-refractivity contribution < 1.29 is 18.7 Å². The van der Waals surface area contributed by atoms with E-state index in [1.807, 2.05) is 19.9 Å². The van der Waals surface area contributed by atoms with E-state index in [0.29, 0.717) is 34.1 Å². The Balaban J connectivity index is 1.56. The number of benzene rings is 1. The zero-order valence-electron chi connectivity index (χ0n) is 17.3. The number of nitrogens with zero attached hydrogens (tertiary/aromatic N) is 3. The van der Waals surface area contributed by atoms with Crippen LogP contribution in [0.4, 0.5) is 0 Å². The Kier molecular flexibility index (Phi) is 7.58. The number of thioether (sulfide) groups is 1. The molecule has 0 aliphatic heterocycles. The largest absolute Gasteiger partial charge is 0.484 e. The van der Waals surface area contributed by atoms with Crippen molar-refractivity contribution in [2.75, 3.05) is 19.5 Å². The number of ether oxygens (including phenoxy) is 2. The van der Waals surface area contributed by atoms with Crippen molar-refractivity contribution >= 4 is 29.1 Å². The first-order chi connectivity index (χ1) is 14.4.